The molecule has 1 N–H and O–H groups in total. The Kier molecular flexibility index (Phi) is 4.54. The fourth-order valence-corrected chi connectivity index (χ4v) is 4.74. The highest BCUT2D eigenvalue weighted by molar-refractivity contribution is 6.31. The zero-order chi connectivity index (χ0) is 20.9. The number of piperidine rings is 1. The Bertz CT molecular complexity index is 1130. The minimum Gasteiger partial charge on any atom is -0.350 e. The van der Waals surface area contributed by atoms with E-state index < -0.39 is 0 Å². The van der Waals surface area contributed by atoms with E-state index in [4.69, 9.17) is 11.6 Å². The SMILES string of the molecule is O=C(c1ccc(F)cc1)N1CCC2(CC1)CN(C(=O)c1cc3ccc(Cl)cc3[nH]1)C2. The molecular formula is C23H21ClFN3O2. The Morgan fingerprint density at radius 1 is 0.933 bits per heavy atom. The van der Waals surface area contributed by atoms with Gasteiger partial charge < -0.3 is 14.8 Å². The average molecular weight is 426 g/mol. The second kappa shape index (κ2) is 7.13. The zero-order valence-corrected chi connectivity index (χ0v) is 17.1. The van der Waals surface area contributed by atoms with E-state index in [2.05, 4.69) is 4.98 Å². The third-order valence-electron chi connectivity index (χ3n) is 6.36. The minimum absolute atomic E-state index is 0.00207. The minimum atomic E-state index is -0.346. The van der Waals surface area contributed by atoms with E-state index in [9.17, 15) is 14.0 Å². The summed E-state index contributed by atoms with van der Waals surface area (Å²) in [6, 6.07) is 13.1. The second-order valence-corrected chi connectivity index (χ2v) is 8.81. The molecule has 5 nitrogen and oxygen atoms in total. The first-order valence-corrected chi connectivity index (χ1v) is 10.4. The number of carbonyl (C=O) groups is 2. The molecule has 2 aliphatic heterocycles. The number of hydrogen-bond acceptors (Lipinski definition) is 2. The van der Waals surface area contributed by atoms with Crippen LogP contribution in [0.4, 0.5) is 4.39 Å². The van der Waals surface area contributed by atoms with Gasteiger partial charge in [-0.15, -0.1) is 0 Å². The molecule has 1 spiro atoms. The monoisotopic (exact) mass is 425 g/mol. The Labute approximate surface area is 178 Å². The van der Waals surface area contributed by atoms with Gasteiger partial charge in [0.2, 0.25) is 0 Å². The molecule has 154 valence electrons. The van der Waals surface area contributed by atoms with Crippen molar-refractivity contribution in [2.45, 2.75) is 12.8 Å². The molecule has 2 saturated heterocycles. The van der Waals surface area contributed by atoms with Crippen molar-refractivity contribution in [3.8, 4) is 0 Å². The van der Waals surface area contributed by atoms with E-state index in [1.807, 2.05) is 34.1 Å². The number of H-pyrrole nitrogens is 1. The van der Waals surface area contributed by atoms with Crippen LogP contribution >= 0.6 is 11.6 Å². The molecule has 0 atom stereocenters. The number of likely N-dealkylation sites (tertiary alicyclic amines) is 2. The molecule has 3 heterocycles. The molecule has 0 radical (unpaired) electrons. The number of carbonyl (C=O) groups excluding carboxylic acids is 2. The molecule has 3 aromatic rings. The number of halogens is 2. The third kappa shape index (κ3) is 3.35. The number of rotatable bonds is 2. The van der Waals surface area contributed by atoms with E-state index in [0.717, 1.165) is 23.7 Å². The lowest BCUT2D eigenvalue weighted by Gasteiger charge is -2.53. The van der Waals surface area contributed by atoms with Gasteiger partial charge in [-0.1, -0.05) is 17.7 Å². The van der Waals surface area contributed by atoms with Crippen LogP contribution in [0.1, 0.15) is 33.7 Å². The molecule has 0 saturated carbocycles. The number of nitrogens with zero attached hydrogens (tertiary/aromatic N) is 2. The zero-order valence-electron chi connectivity index (χ0n) is 16.3. The first-order valence-electron chi connectivity index (χ1n) is 10.0. The van der Waals surface area contributed by atoms with Crippen LogP contribution in [0.3, 0.4) is 0 Å². The van der Waals surface area contributed by atoms with Crippen LogP contribution in [0.2, 0.25) is 5.02 Å². The van der Waals surface area contributed by atoms with Gasteiger partial charge in [0.15, 0.2) is 0 Å². The maximum atomic E-state index is 13.1. The topological polar surface area (TPSA) is 56.4 Å². The van der Waals surface area contributed by atoms with Gasteiger partial charge in [-0.3, -0.25) is 9.59 Å². The Balaban J connectivity index is 1.20. The number of aromatic amines is 1. The Morgan fingerprint density at radius 2 is 1.63 bits per heavy atom. The van der Waals surface area contributed by atoms with Crippen molar-refractivity contribution in [1.29, 1.82) is 0 Å². The van der Waals surface area contributed by atoms with Gasteiger partial charge in [0.25, 0.3) is 11.8 Å². The van der Waals surface area contributed by atoms with Gasteiger partial charge in [0.1, 0.15) is 11.5 Å². The molecule has 2 fully saturated rings. The second-order valence-electron chi connectivity index (χ2n) is 8.37. The molecule has 5 rings (SSSR count). The predicted octanol–water partition coefficient (Wildman–Crippen LogP) is 4.34. The standard InChI is InChI=1S/C23H21ClFN3O2/c24-17-4-1-16-11-20(26-19(16)12-17)22(30)28-13-23(14-28)7-9-27(10-8-23)21(29)15-2-5-18(25)6-3-15/h1-6,11-12,26H,7-10,13-14H2. The van der Waals surface area contributed by atoms with Crippen molar-refractivity contribution in [2.75, 3.05) is 26.2 Å². The van der Waals surface area contributed by atoms with Gasteiger partial charge in [-0.05, 0) is 55.3 Å². The lowest BCUT2D eigenvalue weighted by Crippen LogP contribution is -2.62. The van der Waals surface area contributed by atoms with Crippen LogP contribution in [0, 0.1) is 11.2 Å². The molecule has 0 unspecified atom stereocenters. The summed E-state index contributed by atoms with van der Waals surface area (Å²) in [4.78, 5) is 32.3. The Hall–Kier alpha value is -2.86. The quantitative estimate of drug-likeness (QED) is 0.664. The lowest BCUT2D eigenvalue weighted by molar-refractivity contribution is -0.0290. The normalized spacial score (nSPS) is 17.9. The van der Waals surface area contributed by atoms with Crippen molar-refractivity contribution in [1.82, 2.24) is 14.8 Å². The molecule has 7 heteroatoms. The highest BCUT2D eigenvalue weighted by atomic mass is 35.5. The summed E-state index contributed by atoms with van der Waals surface area (Å²) in [5, 5.41) is 1.60. The summed E-state index contributed by atoms with van der Waals surface area (Å²) in [6.45, 7) is 2.73. The first kappa shape index (κ1) is 19.1. The molecule has 0 aliphatic carbocycles. The highest BCUT2D eigenvalue weighted by Crippen LogP contribution is 2.41. The van der Waals surface area contributed by atoms with Crippen LogP contribution in [0.15, 0.2) is 48.5 Å². The van der Waals surface area contributed by atoms with E-state index >= 15 is 0 Å². The Morgan fingerprint density at radius 3 is 2.33 bits per heavy atom. The van der Waals surface area contributed by atoms with Crippen LogP contribution in [0.5, 0.6) is 0 Å². The molecule has 1 aromatic heterocycles. The van der Waals surface area contributed by atoms with E-state index in [-0.39, 0.29) is 23.0 Å². The first-order chi connectivity index (χ1) is 14.4. The van der Waals surface area contributed by atoms with Crippen molar-refractivity contribution in [2.24, 2.45) is 5.41 Å². The molecule has 0 bridgehead atoms. The maximum Gasteiger partial charge on any atom is 0.270 e. The number of fused-ring (bicyclic) bond motifs is 1. The summed E-state index contributed by atoms with van der Waals surface area (Å²) in [5.41, 5.74) is 2.03. The molecule has 30 heavy (non-hydrogen) atoms. The predicted molar refractivity (Wildman–Crippen MR) is 113 cm³/mol. The van der Waals surface area contributed by atoms with Crippen molar-refractivity contribution >= 4 is 34.3 Å². The van der Waals surface area contributed by atoms with Crippen molar-refractivity contribution < 1.29 is 14.0 Å². The van der Waals surface area contributed by atoms with Crippen molar-refractivity contribution in [3.63, 3.8) is 0 Å². The lowest BCUT2D eigenvalue weighted by atomic mass is 9.72. The average Bonchev–Trinajstić information content (AvgIpc) is 3.15. The largest absolute Gasteiger partial charge is 0.350 e. The summed E-state index contributed by atoms with van der Waals surface area (Å²) in [5.74, 6) is -0.409. The molecule has 2 aliphatic rings. The van der Waals surface area contributed by atoms with Gasteiger partial charge in [-0.25, -0.2) is 4.39 Å². The summed E-state index contributed by atoms with van der Waals surface area (Å²) in [6.07, 6.45) is 1.73. The number of amides is 2. The number of aromatic nitrogens is 1. The molecule has 2 amide bonds. The summed E-state index contributed by atoms with van der Waals surface area (Å²) < 4.78 is 13.1. The van der Waals surface area contributed by atoms with Crippen LogP contribution < -0.4 is 0 Å². The number of hydrogen-bond donors (Lipinski definition) is 1. The summed E-state index contributed by atoms with van der Waals surface area (Å²) >= 11 is 6.03. The smallest absolute Gasteiger partial charge is 0.270 e. The maximum absolute atomic E-state index is 13.1. The van der Waals surface area contributed by atoms with Crippen LogP contribution in [-0.4, -0.2) is 52.8 Å². The van der Waals surface area contributed by atoms with E-state index in [1.165, 1.54) is 24.3 Å². The van der Waals surface area contributed by atoms with E-state index in [1.54, 1.807) is 0 Å². The fraction of sp³-hybridized carbons (Fsp3) is 0.304. The van der Waals surface area contributed by atoms with Crippen LogP contribution in [-0.2, 0) is 0 Å². The van der Waals surface area contributed by atoms with Gasteiger partial charge in [0, 0.05) is 53.1 Å². The van der Waals surface area contributed by atoms with Crippen molar-refractivity contribution in [3.05, 3.63) is 70.6 Å². The van der Waals surface area contributed by atoms with Gasteiger partial charge in [-0.2, -0.15) is 0 Å². The third-order valence-corrected chi connectivity index (χ3v) is 6.59. The van der Waals surface area contributed by atoms with Gasteiger partial charge >= 0.3 is 0 Å². The fourth-order valence-electron chi connectivity index (χ4n) is 4.57. The highest BCUT2D eigenvalue weighted by Gasteiger charge is 2.47. The van der Waals surface area contributed by atoms with E-state index in [0.29, 0.717) is 42.5 Å². The number of nitrogens with one attached hydrogen (secondary N) is 1. The molecular weight excluding hydrogens is 405 g/mol. The van der Waals surface area contributed by atoms with Crippen LogP contribution in [0.25, 0.3) is 10.9 Å². The molecule has 2 aromatic carbocycles. The summed E-state index contributed by atoms with van der Waals surface area (Å²) in [7, 11) is 0. The van der Waals surface area contributed by atoms with Gasteiger partial charge in [0.05, 0.1) is 0 Å². The number of benzene rings is 2.